The molecule has 2 heterocycles. The molecule has 30 heavy (non-hydrogen) atoms. The minimum absolute atomic E-state index is 0.435. The van der Waals surface area contributed by atoms with E-state index in [1.54, 1.807) is 7.05 Å². The molecule has 1 saturated heterocycles. The van der Waals surface area contributed by atoms with Crippen LogP contribution in [0, 0.1) is 0 Å². The topological polar surface area (TPSA) is 43.8 Å². The lowest BCUT2D eigenvalue weighted by molar-refractivity contribution is -0.140. The van der Waals surface area contributed by atoms with Crippen LogP contribution in [0.2, 0.25) is 0 Å². The Hall–Kier alpha value is -2.39. The van der Waals surface area contributed by atoms with Crippen molar-refractivity contribution in [1.82, 2.24) is 20.1 Å². The second kappa shape index (κ2) is 10.6. The van der Waals surface area contributed by atoms with Crippen molar-refractivity contribution in [2.75, 3.05) is 46.3 Å². The van der Waals surface area contributed by atoms with E-state index in [0.717, 1.165) is 55.4 Å². The van der Waals surface area contributed by atoms with Gasteiger partial charge in [0.15, 0.2) is 11.7 Å². The van der Waals surface area contributed by atoms with Crippen LogP contribution in [-0.4, -0.2) is 67.1 Å². The highest BCUT2D eigenvalue weighted by atomic mass is 32.1. The van der Waals surface area contributed by atoms with Gasteiger partial charge in [-0.05, 0) is 5.56 Å². The molecule has 1 aliphatic heterocycles. The van der Waals surface area contributed by atoms with Crippen LogP contribution in [0.5, 0.6) is 0 Å². The minimum Gasteiger partial charge on any atom is -0.356 e. The smallest absolute Gasteiger partial charge is 0.356 e. The number of hydrogen-bond donors (Lipinski definition) is 1. The first kappa shape index (κ1) is 22.3. The summed E-state index contributed by atoms with van der Waals surface area (Å²) in [6.45, 7) is 4.98. The lowest BCUT2D eigenvalue weighted by Crippen LogP contribution is -2.52. The second-order valence-corrected chi connectivity index (χ2v) is 7.89. The zero-order valence-corrected chi connectivity index (χ0v) is 17.7. The van der Waals surface area contributed by atoms with Gasteiger partial charge in [0.05, 0.1) is 5.01 Å². The quantitative estimate of drug-likeness (QED) is 0.554. The van der Waals surface area contributed by atoms with Crippen LogP contribution in [-0.2, 0) is 12.6 Å². The van der Waals surface area contributed by atoms with Crippen molar-refractivity contribution in [2.24, 2.45) is 4.99 Å². The predicted octanol–water partition coefficient (Wildman–Crippen LogP) is 3.61. The Bertz CT molecular complexity index is 840. The molecule has 0 spiro atoms. The van der Waals surface area contributed by atoms with Crippen LogP contribution in [0.4, 0.5) is 13.2 Å². The average Bonchev–Trinajstić information content (AvgIpc) is 3.22. The van der Waals surface area contributed by atoms with E-state index in [4.69, 9.17) is 0 Å². The number of halogens is 3. The molecule has 0 bridgehead atoms. The number of nitrogens with zero attached hydrogens (tertiary/aromatic N) is 4. The number of nitrogens with one attached hydrogen (secondary N) is 1. The molecule has 0 atom stereocenters. The Morgan fingerprint density at radius 1 is 1.20 bits per heavy atom. The molecule has 9 heteroatoms. The van der Waals surface area contributed by atoms with Crippen molar-refractivity contribution in [3.05, 3.63) is 58.1 Å². The summed E-state index contributed by atoms with van der Waals surface area (Å²) in [4.78, 5) is 12.5. The van der Waals surface area contributed by atoms with Gasteiger partial charge in [-0.2, -0.15) is 13.2 Å². The zero-order chi connectivity index (χ0) is 21.4. The number of benzene rings is 1. The zero-order valence-electron chi connectivity index (χ0n) is 16.9. The molecule has 0 aliphatic carbocycles. The monoisotopic (exact) mass is 437 g/mol. The van der Waals surface area contributed by atoms with Gasteiger partial charge in [0.2, 0.25) is 0 Å². The molecule has 0 unspecified atom stereocenters. The van der Waals surface area contributed by atoms with E-state index in [1.807, 2.05) is 18.2 Å². The van der Waals surface area contributed by atoms with Crippen LogP contribution in [0.15, 0.2) is 46.8 Å². The van der Waals surface area contributed by atoms with Gasteiger partial charge in [-0.25, -0.2) is 4.98 Å². The number of piperazine rings is 1. The molecule has 1 aromatic heterocycles. The highest BCUT2D eigenvalue weighted by Crippen LogP contribution is 2.30. The van der Waals surface area contributed by atoms with Gasteiger partial charge in [-0.3, -0.25) is 9.89 Å². The van der Waals surface area contributed by atoms with E-state index in [2.05, 4.69) is 49.4 Å². The molecule has 1 aromatic carbocycles. The fourth-order valence-corrected chi connectivity index (χ4v) is 4.02. The second-order valence-electron chi connectivity index (χ2n) is 6.95. The van der Waals surface area contributed by atoms with Crippen LogP contribution < -0.4 is 5.32 Å². The molecule has 1 fully saturated rings. The fourth-order valence-electron chi connectivity index (χ4n) is 3.21. The van der Waals surface area contributed by atoms with E-state index in [9.17, 15) is 13.2 Å². The Morgan fingerprint density at radius 2 is 1.93 bits per heavy atom. The number of guanidine groups is 1. The third-order valence-electron chi connectivity index (χ3n) is 4.82. The SMILES string of the molecule is CN=C(NCCc1nc(C(F)(F)F)cs1)N1CCN(C/C=C/c2ccccc2)CC1. The van der Waals surface area contributed by atoms with Crippen molar-refractivity contribution in [3.8, 4) is 0 Å². The van der Waals surface area contributed by atoms with E-state index >= 15 is 0 Å². The van der Waals surface area contributed by atoms with Crippen molar-refractivity contribution in [3.63, 3.8) is 0 Å². The molecule has 1 N–H and O–H groups in total. The van der Waals surface area contributed by atoms with Crippen molar-refractivity contribution in [2.45, 2.75) is 12.6 Å². The van der Waals surface area contributed by atoms with Gasteiger partial charge in [0, 0.05) is 58.1 Å². The van der Waals surface area contributed by atoms with Gasteiger partial charge in [0.25, 0.3) is 0 Å². The third-order valence-corrected chi connectivity index (χ3v) is 5.73. The predicted molar refractivity (Wildman–Crippen MR) is 116 cm³/mol. The van der Waals surface area contributed by atoms with E-state index in [-0.39, 0.29) is 0 Å². The van der Waals surface area contributed by atoms with Gasteiger partial charge in [-0.1, -0.05) is 42.5 Å². The summed E-state index contributed by atoms with van der Waals surface area (Å²) in [6.07, 6.45) is 0.370. The van der Waals surface area contributed by atoms with Gasteiger partial charge in [-0.15, -0.1) is 11.3 Å². The average molecular weight is 438 g/mol. The number of rotatable bonds is 6. The highest BCUT2D eigenvalue weighted by Gasteiger charge is 2.33. The van der Waals surface area contributed by atoms with Gasteiger partial charge in [0.1, 0.15) is 0 Å². The lowest BCUT2D eigenvalue weighted by atomic mass is 10.2. The van der Waals surface area contributed by atoms with Crippen LogP contribution in [0.25, 0.3) is 6.08 Å². The molecule has 2 aromatic rings. The number of thiazole rings is 1. The third kappa shape index (κ3) is 6.56. The molecular formula is C21H26F3N5S. The fraction of sp³-hybridized carbons (Fsp3) is 0.429. The van der Waals surface area contributed by atoms with Crippen LogP contribution in [0.3, 0.4) is 0 Å². The lowest BCUT2D eigenvalue weighted by Gasteiger charge is -2.36. The first-order valence-electron chi connectivity index (χ1n) is 9.87. The first-order chi connectivity index (χ1) is 14.5. The number of aliphatic imine (C=N–C) groups is 1. The Balaban J connectivity index is 1.39. The van der Waals surface area contributed by atoms with Crippen LogP contribution >= 0.6 is 11.3 Å². The molecule has 0 saturated carbocycles. The summed E-state index contributed by atoms with van der Waals surface area (Å²) >= 11 is 1.04. The molecule has 3 rings (SSSR count). The summed E-state index contributed by atoms with van der Waals surface area (Å²) in [5.74, 6) is 0.780. The number of hydrogen-bond acceptors (Lipinski definition) is 4. The number of aromatic nitrogens is 1. The van der Waals surface area contributed by atoms with Gasteiger partial charge < -0.3 is 10.2 Å². The van der Waals surface area contributed by atoms with E-state index in [1.165, 1.54) is 5.56 Å². The summed E-state index contributed by atoms with van der Waals surface area (Å²) < 4.78 is 37.9. The first-order valence-corrected chi connectivity index (χ1v) is 10.7. The van der Waals surface area contributed by atoms with E-state index < -0.39 is 11.9 Å². The van der Waals surface area contributed by atoms with Crippen LogP contribution in [0.1, 0.15) is 16.3 Å². The van der Waals surface area contributed by atoms with Gasteiger partial charge >= 0.3 is 6.18 Å². The maximum Gasteiger partial charge on any atom is 0.434 e. The summed E-state index contributed by atoms with van der Waals surface area (Å²) in [5.41, 5.74) is 0.382. The summed E-state index contributed by atoms with van der Waals surface area (Å²) in [7, 11) is 1.72. The van der Waals surface area contributed by atoms with Crippen molar-refractivity contribution < 1.29 is 13.2 Å². The Kier molecular flexibility index (Phi) is 7.87. The van der Waals surface area contributed by atoms with E-state index in [0.29, 0.717) is 18.0 Å². The summed E-state index contributed by atoms with van der Waals surface area (Å²) in [5, 5.41) is 4.78. The molecular weight excluding hydrogens is 411 g/mol. The number of alkyl halides is 3. The maximum absolute atomic E-state index is 12.6. The molecule has 1 aliphatic rings. The molecule has 0 radical (unpaired) electrons. The Morgan fingerprint density at radius 3 is 2.57 bits per heavy atom. The largest absolute Gasteiger partial charge is 0.434 e. The minimum atomic E-state index is -4.38. The highest BCUT2D eigenvalue weighted by molar-refractivity contribution is 7.09. The Labute approximate surface area is 178 Å². The summed E-state index contributed by atoms with van der Waals surface area (Å²) in [6, 6.07) is 10.2. The van der Waals surface area contributed by atoms with Crippen molar-refractivity contribution in [1.29, 1.82) is 0 Å². The van der Waals surface area contributed by atoms with Crippen molar-refractivity contribution >= 4 is 23.4 Å². The standard InChI is InChI=1S/C21H26F3N5S/c1-25-20(26-10-9-19-27-18(16-30-19)21(22,23)24)29-14-12-28(13-15-29)11-5-8-17-6-3-2-4-7-17/h2-8,16H,9-15H2,1H3,(H,25,26)/b8-5+. The normalized spacial score (nSPS) is 16.4. The molecule has 162 valence electrons. The maximum atomic E-state index is 12.6. The molecule has 0 amide bonds. The molecule has 5 nitrogen and oxygen atoms in total.